The van der Waals surface area contributed by atoms with Crippen LogP contribution in [0.25, 0.3) is 0 Å². The van der Waals surface area contributed by atoms with E-state index >= 15 is 0 Å². The van der Waals surface area contributed by atoms with E-state index < -0.39 is 12.0 Å². The lowest BCUT2D eigenvalue weighted by Crippen LogP contribution is -2.49. The van der Waals surface area contributed by atoms with Crippen LogP contribution >= 0.6 is 0 Å². The van der Waals surface area contributed by atoms with E-state index in [4.69, 9.17) is 10.8 Å². The average Bonchev–Trinajstić information content (AvgIpc) is 2.53. The number of carboxylic acid groups (broad SMARTS) is 1. The molecular weight excluding hydrogens is 272 g/mol. The maximum atomic E-state index is 12.0. The number of amides is 1. The molecule has 1 saturated heterocycles. The number of rotatable bonds is 5. The van der Waals surface area contributed by atoms with E-state index in [1.165, 1.54) is 0 Å². The van der Waals surface area contributed by atoms with Crippen molar-refractivity contribution in [1.29, 1.82) is 0 Å². The van der Waals surface area contributed by atoms with Crippen molar-refractivity contribution in [1.82, 2.24) is 9.88 Å². The molecule has 114 valence electrons. The van der Waals surface area contributed by atoms with Crippen LogP contribution in [0.2, 0.25) is 0 Å². The summed E-state index contributed by atoms with van der Waals surface area (Å²) in [7, 11) is 0. The molecule has 1 aromatic heterocycles. The molecule has 0 radical (unpaired) electrons. The van der Waals surface area contributed by atoms with Gasteiger partial charge in [-0.2, -0.15) is 0 Å². The van der Waals surface area contributed by atoms with Crippen molar-refractivity contribution in [2.45, 2.75) is 18.9 Å². The first kappa shape index (κ1) is 15.2. The summed E-state index contributed by atoms with van der Waals surface area (Å²) in [5.74, 6) is -0.187. The number of nitrogens with two attached hydrogens (primary N) is 1. The molecule has 7 nitrogen and oxygen atoms in total. The van der Waals surface area contributed by atoms with Crippen LogP contribution in [0, 0.1) is 0 Å². The molecule has 0 saturated carbocycles. The van der Waals surface area contributed by atoms with Gasteiger partial charge in [0, 0.05) is 38.8 Å². The van der Waals surface area contributed by atoms with Gasteiger partial charge < -0.3 is 20.6 Å². The van der Waals surface area contributed by atoms with Crippen LogP contribution in [0.5, 0.6) is 0 Å². The Balaban J connectivity index is 1.78. The number of anilines is 1. The first-order valence-electron chi connectivity index (χ1n) is 7.00. The fraction of sp³-hybridized carbons (Fsp3) is 0.500. The van der Waals surface area contributed by atoms with Gasteiger partial charge in [0.1, 0.15) is 11.9 Å². The van der Waals surface area contributed by atoms with E-state index in [0.29, 0.717) is 13.1 Å². The fourth-order valence-corrected chi connectivity index (χ4v) is 2.29. The van der Waals surface area contributed by atoms with E-state index in [2.05, 4.69) is 9.88 Å². The summed E-state index contributed by atoms with van der Waals surface area (Å²) >= 11 is 0. The van der Waals surface area contributed by atoms with Gasteiger partial charge in [-0.05, 0) is 18.6 Å². The molecule has 0 aromatic carbocycles. The predicted molar refractivity (Wildman–Crippen MR) is 77.9 cm³/mol. The largest absolute Gasteiger partial charge is 0.480 e. The predicted octanol–water partition coefficient (Wildman–Crippen LogP) is -0.0777. The number of carbonyl (C=O) groups excluding carboxylic acids is 1. The molecule has 2 rings (SSSR count). The Morgan fingerprint density at radius 2 is 2.00 bits per heavy atom. The summed E-state index contributed by atoms with van der Waals surface area (Å²) in [4.78, 5) is 30.8. The summed E-state index contributed by atoms with van der Waals surface area (Å²) in [6.45, 7) is 2.71. The monoisotopic (exact) mass is 292 g/mol. The van der Waals surface area contributed by atoms with Crippen LogP contribution in [-0.2, 0) is 9.59 Å². The zero-order chi connectivity index (χ0) is 15.2. The molecule has 0 aliphatic carbocycles. The van der Waals surface area contributed by atoms with Crippen LogP contribution in [0.4, 0.5) is 5.82 Å². The highest BCUT2D eigenvalue weighted by atomic mass is 16.4. The van der Waals surface area contributed by atoms with Crippen LogP contribution in [0.15, 0.2) is 24.4 Å². The summed E-state index contributed by atoms with van der Waals surface area (Å²) in [5, 5.41) is 8.70. The quantitative estimate of drug-likeness (QED) is 0.787. The van der Waals surface area contributed by atoms with Gasteiger partial charge in [0.05, 0.1) is 0 Å². The molecule has 7 heteroatoms. The first-order chi connectivity index (χ1) is 10.1. The maximum Gasteiger partial charge on any atom is 0.320 e. The Morgan fingerprint density at radius 1 is 1.29 bits per heavy atom. The molecule has 3 N–H and O–H groups in total. The minimum atomic E-state index is -1.07. The Labute approximate surface area is 123 Å². The molecule has 1 aliphatic rings. The average molecular weight is 292 g/mol. The minimum Gasteiger partial charge on any atom is -0.480 e. The lowest BCUT2D eigenvalue weighted by molar-refractivity contribution is -0.139. The third kappa shape index (κ3) is 4.16. The maximum absolute atomic E-state index is 12.0. The molecule has 1 fully saturated rings. The van der Waals surface area contributed by atoms with Crippen molar-refractivity contribution in [3.05, 3.63) is 24.4 Å². The molecule has 1 amide bonds. The molecule has 0 bridgehead atoms. The summed E-state index contributed by atoms with van der Waals surface area (Å²) in [5.41, 5.74) is 5.41. The molecule has 21 heavy (non-hydrogen) atoms. The standard InChI is InChI=1S/C14H20N4O3/c15-11(14(20)21)4-5-13(19)18-9-7-17(8-10-18)12-3-1-2-6-16-12/h1-3,6,11H,4-5,7-10,15H2,(H,20,21)/t11-/m0/s1. The molecular formula is C14H20N4O3. The number of carboxylic acids is 1. The van der Waals surface area contributed by atoms with E-state index in [0.717, 1.165) is 18.9 Å². The van der Waals surface area contributed by atoms with Gasteiger partial charge in [0.25, 0.3) is 0 Å². The number of carbonyl (C=O) groups is 2. The number of hydrogen-bond donors (Lipinski definition) is 2. The Hall–Kier alpha value is -2.15. The second kappa shape index (κ2) is 7.03. The van der Waals surface area contributed by atoms with E-state index in [1.807, 2.05) is 18.2 Å². The van der Waals surface area contributed by atoms with Gasteiger partial charge in [-0.1, -0.05) is 6.07 Å². The van der Waals surface area contributed by atoms with Gasteiger partial charge in [-0.3, -0.25) is 9.59 Å². The number of aliphatic carboxylic acids is 1. The van der Waals surface area contributed by atoms with E-state index in [1.54, 1.807) is 11.1 Å². The molecule has 1 aromatic rings. The Bertz CT molecular complexity index is 486. The molecule has 0 spiro atoms. The Morgan fingerprint density at radius 3 is 2.57 bits per heavy atom. The van der Waals surface area contributed by atoms with E-state index in [9.17, 15) is 9.59 Å². The van der Waals surface area contributed by atoms with Crippen molar-refractivity contribution in [2.75, 3.05) is 31.1 Å². The fourth-order valence-electron chi connectivity index (χ4n) is 2.29. The normalized spacial score (nSPS) is 16.6. The van der Waals surface area contributed by atoms with Crippen LogP contribution < -0.4 is 10.6 Å². The smallest absolute Gasteiger partial charge is 0.320 e. The van der Waals surface area contributed by atoms with Crippen molar-refractivity contribution in [2.24, 2.45) is 5.73 Å². The highest BCUT2D eigenvalue weighted by Gasteiger charge is 2.22. The van der Waals surface area contributed by atoms with E-state index in [-0.39, 0.29) is 18.7 Å². The van der Waals surface area contributed by atoms with Crippen molar-refractivity contribution < 1.29 is 14.7 Å². The number of aromatic nitrogens is 1. The third-order valence-corrected chi connectivity index (χ3v) is 3.59. The SMILES string of the molecule is N[C@@H](CCC(=O)N1CCN(c2ccccn2)CC1)C(=O)O. The highest BCUT2D eigenvalue weighted by molar-refractivity contribution is 5.78. The van der Waals surface area contributed by atoms with Gasteiger partial charge in [-0.25, -0.2) is 4.98 Å². The van der Waals surface area contributed by atoms with Crippen LogP contribution in [0.1, 0.15) is 12.8 Å². The molecule has 0 unspecified atom stereocenters. The number of piperazine rings is 1. The topological polar surface area (TPSA) is 99.8 Å². The third-order valence-electron chi connectivity index (χ3n) is 3.59. The van der Waals surface area contributed by atoms with Crippen LogP contribution in [0.3, 0.4) is 0 Å². The summed E-state index contributed by atoms with van der Waals surface area (Å²) < 4.78 is 0. The lowest BCUT2D eigenvalue weighted by Gasteiger charge is -2.35. The second-order valence-electron chi connectivity index (χ2n) is 5.04. The first-order valence-corrected chi connectivity index (χ1v) is 7.00. The summed E-state index contributed by atoms with van der Waals surface area (Å²) in [6, 6.07) is 4.79. The van der Waals surface area contributed by atoms with Gasteiger partial charge >= 0.3 is 5.97 Å². The molecule has 1 atom stereocenters. The number of pyridine rings is 1. The van der Waals surface area contributed by atoms with Crippen molar-refractivity contribution in [3.63, 3.8) is 0 Å². The molecule has 1 aliphatic heterocycles. The molecule has 2 heterocycles. The minimum absolute atomic E-state index is 0.0348. The zero-order valence-electron chi connectivity index (χ0n) is 11.8. The Kier molecular flexibility index (Phi) is 5.10. The number of hydrogen-bond acceptors (Lipinski definition) is 5. The van der Waals surface area contributed by atoms with Gasteiger partial charge in [0.15, 0.2) is 0 Å². The second-order valence-corrected chi connectivity index (χ2v) is 5.04. The lowest BCUT2D eigenvalue weighted by atomic mass is 10.1. The van der Waals surface area contributed by atoms with Crippen molar-refractivity contribution in [3.8, 4) is 0 Å². The summed E-state index contributed by atoms with van der Waals surface area (Å²) in [6.07, 6.45) is 2.10. The highest BCUT2D eigenvalue weighted by Crippen LogP contribution is 2.13. The van der Waals surface area contributed by atoms with Gasteiger partial charge in [-0.15, -0.1) is 0 Å². The zero-order valence-corrected chi connectivity index (χ0v) is 11.8. The van der Waals surface area contributed by atoms with Crippen LogP contribution in [-0.4, -0.2) is 59.1 Å². The number of nitrogens with zero attached hydrogens (tertiary/aromatic N) is 3. The van der Waals surface area contributed by atoms with Crippen molar-refractivity contribution >= 4 is 17.7 Å². The van der Waals surface area contributed by atoms with Gasteiger partial charge in [0.2, 0.25) is 5.91 Å².